The van der Waals surface area contributed by atoms with E-state index in [0.717, 1.165) is 57.8 Å². The van der Waals surface area contributed by atoms with Crippen molar-refractivity contribution in [3.63, 3.8) is 0 Å². The molecule has 61 heavy (non-hydrogen) atoms. The third-order valence-corrected chi connectivity index (χ3v) is 11.3. The van der Waals surface area contributed by atoms with Crippen molar-refractivity contribution in [1.29, 1.82) is 0 Å². The van der Waals surface area contributed by atoms with Gasteiger partial charge in [-0.1, -0.05) is 184 Å². The quantitative estimate of drug-likeness (QED) is 0.0282. The van der Waals surface area contributed by atoms with Gasteiger partial charge in [-0.25, -0.2) is 4.79 Å². The Hall–Kier alpha value is -2.71. The zero-order valence-corrected chi connectivity index (χ0v) is 40.4. The van der Waals surface area contributed by atoms with E-state index in [1.165, 1.54) is 128 Å². The van der Waals surface area contributed by atoms with Gasteiger partial charge in [0.2, 0.25) is 0 Å². The van der Waals surface area contributed by atoms with E-state index in [1.54, 1.807) is 0 Å². The molecule has 0 aliphatic rings. The van der Waals surface area contributed by atoms with Gasteiger partial charge in [-0.2, -0.15) is 0 Å². The smallest absolute Gasteiger partial charge is 0.362 e. The maximum Gasteiger partial charge on any atom is 0.362 e. The number of rotatable bonds is 45. The van der Waals surface area contributed by atoms with Crippen molar-refractivity contribution in [3.05, 3.63) is 48.6 Å². The lowest BCUT2D eigenvalue weighted by atomic mass is 10.1. The van der Waals surface area contributed by atoms with Crippen LogP contribution in [0.5, 0.6) is 0 Å². The van der Waals surface area contributed by atoms with Gasteiger partial charge in [-0.3, -0.25) is 9.59 Å². The summed E-state index contributed by atoms with van der Waals surface area (Å²) in [4.78, 5) is 37.1. The van der Waals surface area contributed by atoms with Gasteiger partial charge >= 0.3 is 17.9 Å². The normalized spacial score (nSPS) is 13.3. The molecule has 0 saturated carbocycles. The van der Waals surface area contributed by atoms with Gasteiger partial charge in [0.05, 0.1) is 34.4 Å². The number of carbonyl (C=O) groups excluding carboxylic acids is 2. The molecule has 0 aromatic heterocycles. The number of carbonyl (C=O) groups is 3. The number of quaternary nitrogens is 1. The Labute approximate surface area is 376 Å². The standard InChI is InChI=1S/C53H95NO7/c1-6-8-10-12-14-16-18-20-22-24-26-28-29-31-33-35-37-39-41-43-51(55)60-48-49(47-59-46-45-50(53(57)58)54(3,4)5)61-52(56)44-42-40-38-36-34-32-30-27-25-23-21-19-17-15-13-11-9-7-2/h14,16,18,20,23,25,27,30,49-50H,6-13,15,17,19,21-22,24,26,28-29,31-48H2,1-5H3/p+1/b16-14+,20-18+,25-23+,30-27+. The van der Waals surface area contributed by atoms with Crippen molar-refractivity contribution < 1.29 is 38.2 Å². The van der Waals surface area contributed by atoms with E-state index in [1.807, 2.05) is 21.1 Å². The number of carboxylic acid groups (broad SMARTS) is 1. The van der Waals surface area contributed by atoms with Crippen LogP contribution in [-0.2, 0) is 28.6 Å². The predicted molar refractivity (Wildman–Crippen MR) is 257 cm³/mol. The highest BCUT2D eigenvalue weighted by molar-refractivity contribution is 5.72. The van der Waals surface area contributed by atoms with Crippen LogP contribution in [0.15, 0.2) is 48.6 Å². The molecule has 0 bridgehead atoms. The lowest BCUT2D eigenvalue weighted by Crippen LogP contribution is -2.50. The largest absolute Gasteiger partial charge is 0.477 e. The average molecular weight is 859 g/mol. The van der Waals surface area contributed by atoms with Crippen molar-refractivity contribution in [2.75, 3.05) is 41.0 Å². The number of likely N-dealkylation sites (N-methyl/N-ethyl adjacent to an activating group) is 1. The summed E-state index contributed by atoms with van der Waals surface area (Å²) in [5, 5.41) is 9.65. The first-order valence-corrected chi connectivity index (χ1v) is 25.2. The summed E-state index contributed by atoms with van der Waals surface area (Å²) in [6.07, 6.45) is 52.9. The molecule has 1 N–H and O–H groups in total. The maximum absolute atomic E-state index is 12.8. The second kappa shape index (κ2) is 43.9. The molecule has 0 saturated heterocycles. The Morgan fingerprint density at radius 3 is 1.26 bits per heavy atom. The van der Waals surface area contributed by atoms with E-state index < -0.39 is 18.1 Å². The van der Waals surface area contributed by atoms with Crippen LogP contribution in [0.25, 0.3) is 0 Å². The first-order valence-electron chi connectivity index (χ1n) is 25.2. The summed E-state index contributed by atoms with van der Waals surface area (Å²) in [5.74, 6) is -1.49. The van der Waals surface area contributed by atoms with E-state index in [-0.39, 0.29) is 36.2 Å². The number of allylic oxidation sites excluding steroid dienone is 8. The van der Waals surface area contributed by atoms with Crippen LogP contribution < -0.4 is 0 Å². The van der Waals surface area contributed by atoms with E-state index in [9.17, 15) is 19.5 Å². The second-order valence-electron chi connectivity index (χ2n) is 18.1. The first kappa shape index (κ1) is 58.3. The Bertz CT molecular complexity index is 1140. The fraction of sp³-hybridized carbons (Fsp3) is 0.792. The van der Waals surface area contributed by atoms with Crippen LogP contribution in [0, 0.1) is 0 Å². The number of aliphatic carboxylic acids is 1. The molecule has 8 nitrogen and oxygen atoms in total. The molecule has 2 atom stereocenters. The summed E-state index contributed by atoms with van der Waals surface area (Å²) in [6, 6.07) is -0.619. The number of nitrogens with zero attached hydrogens (tertiary/aromatic N) is 1. The molecule has 0 fully saturated rings. The minimum atomic E-state index is -0.878. The first-order chi connectivity index (χ1) is 29.6. The van der Waals surface area contributed by atoms with Gasteiger partial charge in [-0.15, -0.1) is 0 Å². The van der Waals surface area contributed by atoms with E-state index >= 15 is 0 Å². The van der Waals surface area contributed by atoms with Gasteiger partial charge in [-0.05, 0) is 64.2 Å². The minimum absolute atomic E-state index is 0.0538. The van der Waals surface area contributed by atoms with Gasteiger partial charge < -0.3 is 23.8 Å². The fourth-order valence-corrected chi connectivity index (χ4v) is 7.31. The fourth-order valence-electron chi connectivity index (χ4n) is 7.31. The summed E-state index contributed by atoms with van der Waals surface area (Å²) in [7, 11) is 5.53. The molecule has 0 aliphatic carbocycles. The predicted octanol–water partition coefficient (Wildman–Crippen LogP) is 14.4. The third-order valence-electron chi connectivity index (χ3n) is 11.3. The topological polar surface area (TPSA) is 99.1 Å². The monoisotopic (exact) mass is 859 g/mol. The van der Waals surface area contributed by atoms with E-state index in [2.05, 4.69) is 62.5 Å². The minimum Gasteiger partial charge on any atom is -0.477 e. The lowest BCUT2D eigenvalue weighted by Gasteiger charge is -2.31. The van der Waals surface area contributed by atoms with Crippen molar-refractivity contribution >= 4 is 17.9 Å². The summed E-state index contributed by atoms with van der Waals surface area (Å²) < 4.78 is 17.3. The highest BCUT2D eigenvalue weighted by Gasteiger charge is 2.31. The molecule has 2 unspecified atom stereocenters. The Kier molecular flexibility index (Phi) is 42.0. The van der Waals surface area contributed by atoms with Crippen LogP contribution in [0.3, 0.4) is 0 Å². The summed E-state index contributed by atoms with van der Waals surface area (Å²) in [5.41, 5.74) is 0. The molecule has 0 spiro atoms. The highest BCUT2D eigenvalue weighted by Crippen LogP contribution is 2.15. The molecule has 8 heteroatoms. The molecule has 0 radical (unpaired) electrons. The van der Waals surface area contributed by atoms with Gasteiger partial charge in [0.25, 0.3) is 0 Å². The lowest BCUT2D eigenvalue weighted by molar-refractivity contribution is -0.887. The molecule has 0 aromatic rings. The molecule has 354 valence electrons. The molecule has 0 heterocycles. The van der Waals surface area contributed by atoms with E-state index in [0.29, 0.717) is 19.3 Å². The number of hydrogen-bond acceptors (Lipinski definition) is 6. The maximum atomic E-state index is 12.8. The Morgan fingerprint density at radius 1 is 0.492 bits per heavy atom. The van der Waals surface area contributed by atoms with Crippen molar-refractivity contribution in [1.82, 2.24) is 0 Å². The van der Waals surface area contributed by atoms with Gasteiger partial charge in [0, 0.05) is 19.3 Å². The van der Waals surface area contributed by atoms with Crippen molar-refractivity contribution in [2.24, 2.45) is 0 Å². The number of carboxylic acids is 1. The zero-order chi connectivity index (χ0) is 44.9. The third kappa shape index (κ3) is 42.4. The number of hydrogen-bond donors (Lipinski definition) is 1. The highest BCUT2D eigenvalue weighted by atomic mass is 16.6. The van der Waals surface area contributed by atoms with Crippen molar-refractivity contribution in [3.8, 4) is 0 Å². The van der Waals surface area contributed by atoms with Crippen LogP contribution >= 0.6 is 0 Å². The number of unbranched alkanes of at least 4 members (excludes halogenated alkanes) is 25. The molecule has 0 aliphatic heterocycles. The summed E-state index contributed by atoms with van der Waals surface area (Å²) >= 11 is 0. The Balaban J connectivity index is 4.29. The average Bonchev–Trinajstić information content (AvgIpc) is 3.22. The number of esters is 2. The second-order valence-corrected chi connectivity index (χ2v) is 18.1. The van der Waals surface area contributed by atoms with Crippen LogP contribution in [0.4, 0.5) is 0 Å². The van der Waals surface area contributed by atoms with Gasteiger partial charge in [0.15, 0.2) is 12.1 Å². The van der Waals surface area contributed by atoms with Gasteiger partial charge in [0.1, 0.15) is 6.61 Å². The summed E-state index contributed by atoms with van der Waals surface area (Å²) in [6.45, 7) is 4.70. The van der Waals surface area contributed by atoms with Crippen LogP contribution in [-0.4, -0.2) is 80.6 Å². The van der Waals surface area contributed by atoms with Crippen molar-refractivity contribution in [2.45, 2.75) is 231 Å². The van der Waals surface area contributed by atoms with Crippen LogP contribution in [0.1, 0.15) is 219 Å². The zero-order valence-electron chi connectivity index (χ0n) is 40.4. The molecule has 0 aromatic carbocycles. The molecular weight excluding hydrogens is 763 g/mol. The SMILES string of the molecule is CCCCC/C=C/C=C/CCCCCCCCCCCCC(=O)OCC(COCCC(C(=O)O)[N+](C)(C)C)OC(=O)CCCCCCC/C=C/C=C/CCCCCCCCC. The molecular formula is C53H96NO7+. The molecule has 0 rings (SSSR count). The van der Waals surface area contributed by atoms with E-state index in [4.69, 9.17) is 14.2 Å². The molecule has 0 amide bonds. The van der Waals surface area contributed by atoms with Crippen LogP contribution in [0.2, 0.25) is 0 Å². The number of ether oxygens (including phenoxy) is 3. The Morgan fingerprint density at radius 2 is 0.852 bits per heavy atom.